The van der Waals surface area contributed by atoms with Gasteiger partial charge in [-0.25, -0.2) is 0 Å². The van der Waals surface area contributed by atoms with E-state index in [-0.39, 0.29) is 0 Å². The third kappa shape index (κ3) is 2.25. The Labute approximate surface area is 112 Å². The molecule has 98 valence electrons. The molecule has 0 fully saturated rings. The van der Waals surface area contributed by atoms with Crippen LogP contribution >= 0.6 is 0 Å². The molecule has 0 heterocycles. The van der Waals surface area contributed by atoms with Crippen LogP contribution in [0.25, 0.3) is 0 Å². The van der Waals surface area contributed by atoms with E-state index >= 15 is 0 Å². The molecule has 0 aliphatic carbocycles. The number of benzene rings is 2. The zero-order chi connectivity index (χ0) is 14.0. The van der Waals surface area contributed by atoms with Crippen LogP contribution in [0.3, 0.4) is 0 Å². The molecule has 2 aromatic rings. The highest BCUT2D eigenvalue weighted by atomic mass is 16.3. The molecular weight excluding hydrogens is 238 g/mol. The van der Waals surface area contributed by atoms with Crippen molar-refractivity contribution in [2.24, 2.45) is 5.73 Å². The number of primary amides is 1. The maximum absolute atomic E-state index is 11.9. The highest BCUT2D eigenvalue weighted by molar-refractivity contribution is 5.89. The fourth-order valence-corrected chi connectivity index (χ4v) is 2.24. The largest absolute Gasteiger partial charge is 0.372 e. The summed E-state index contributed by atoms with van der Waals surface area (Å²) in [6.45, 7) is 3.76. The zero-order valence-corrected chi connectivity index (χ0v) is 11.1. The van der Waals surface area contributed by atoms with E-state index in [9.17, 15) is 9.90 Å². The minimum absolute atomic E-state index is 0.483. The number of carbonyl (C=O) groups excluding carboxylic acids is 1. The van der Waals surface area contributed by atoms with Crippen LogP contribution in [0.1, 0.15) is 22.3 Å². The van der Waals surface area contributed by atoms with E-state index in [2.05, 4.69) is 0 Å². The van der Waals surface area contributed by atoms with Gasteiger partial charge in [0, 0.05) is 5.56 Å². The van der Waals surface area contributed by atoms with E-state index in [1.807, 2.05) is 32.0 Å². The van der Waals surface area contributed by atoms with Gasteiger partial charge in [0.2, 0.25) is 0 Å². The molecule has 3 heteroatoms. The van der Waals surface area contributed by atoms with Crippen LogP contribution in [0.15, 0.2) is 48.5 Å². The first kappa shape index (κ1) is 13.3. The third-order valence-electron chi connectivity index (χ3n) is 3.33. The molecule has 0 saturated carbocycles. The first-order valence-corrected chi connectivity index (χ1v) is 6.12. The van der Waals surface area contributed by atoms with Gasteiger partial charge in [-0.2, -0.15) is 0 Å². The van der Waals surface area contributed by atoms with Gasteiger partial charge in [0.15, 0.2) is 5.60 Å². The van der Waals surface area contributed by atoms with Crippen LogP contribution in [-0.4, -0.2) is 11.0 Å². The summed E-state index contributed by atoms with van der Waals surface area (Å²) in [5, 5.41) is 10.9. The molecule has 2 rings (SSSR count). The van der Waals surface area contributed by atoms with Crippen LogP contribution in [-0.2, 0) is 10.4 Å². The van der Waals surface area contributed by atoms with E-state index < -0.39 is 11.5 Å². The molecular formula is C16H17NO2. The highest BCUT2D eigenvalue weighted by Crippen LogP contribution is 2.32. The number of aryl methyl sites for hydroxylation is 2. The van der Waals surface area contributed by atoms with Gasteiger partial charge in [-0.05, 0) is 25.0 Å². The summed E-state index contributed by atoms with van der Waals surface area (Å²) in [4.78, 5) is 11.9. The highest BCUT2D eigenvalue weighted by Gasteiger charge is 2.39. The summed E-state index contributed by atoms with van der Waals surface area (Å²) in [5.41, 5.74) is 6.48. The summed E-state index contributed by atoms with van der Waals surface area (Å²) in [5.74, 6) is -0.771. The van der Waals surface area contributed by atoms with E-state index in [0.717, 1.165) is 11.1 Å². The van der Waals surface area contributed by atoms with Crippen molar-refractivity contribution in [2.45, 2.75) is 19.4 Å². The van der Waals surface area contributed by atoms with Crippen LogP contribution in [0.4, 0.5) is 0 Å². The number of hydrogen-bond acceptors (Lipinski definition) is 2. The van der Waals surface area contributed by atoms with Crippen molar-refractivity contribution in [3.05, 3.63) is 70.8 Å². The Hall–Kier alpha value is -2.13. The number of amides is 1. The molecule has 0 spiro atoms. The molecule has 0 bridgehead atoms. The molecule has 0 aliphatic heterocycles. The van der Waals surface area contributed by atoms with Gasteiger partial charge in [0.1, 0.15) is 0 Å². The summed E-state index contributed by atoms with van der Waals surface area (Å²) >= 11 is 0. The maximum Gasteiger partial charge on any atom is 0.258 e. The first-order chi connectivity index (χ1) is 8.96. The average molecular weight is 255 g/mol. The van der Waals surface area contributed by atoms with Crippen molar-refractivity contribution in [2.75, 3.05) is 0 Å². The monoisotopic (exact) mass is 255 g/mol. The van der Waals surface area contributed by atoms with Gasteiger partial charge >= 0.3 is 0 Å². The molecule has 0 aliphatic rings. The number of rotatable bonds is 3. The lowest BCUT2D eigenvalue weighted by Gasteiger charge is -2.27. The number of aliphatic hydroxyl groups is 1. The Morgan fingerprint density at radius 1 is 1.11 bits per heavy atom. The fourth-order valence-electron chi connectivity index (χ4n) is 2.24. The van der Waals surface area contributed by atoms with Gasteiger partial charge in [0.25, 0.3) is 5.91 Å². The minimum atomic E-state index is -1.79. The Kier molecular flexibility index (Phi) is 3.40. The molecule has 3 nitrogen and oxygen atoms in total. The molecule has 1 unspecified atom stereocenters. The lowest BCUT2D eigenvalue weighted by atomic mass is 9.82. The van der Waals surface area contributed by atoms with Crippen molar-refractivity contribution in [3.63, 3.8) is 0 Å². The standard InChI is InChI=1S/C16H17NO2/c1-11-8-9-12(2)14(10-11)16(19,15(17)18)13-6-4-3-5-7-13/h3-10,19H,1-2H3,(H2,17,18). The third-order valence-corrected chi connectivity index (χ3v) is 3.33. The van der Waals surface area contributed by atoms with Crippen molar-refractivity contribution >= 4 is 5.91 Å². The first-order valence-electron chi connectivity index (χ1n) is 6.12. The van der Waals surface area contributed by atoms with Crippen LogP contribution in [0.5, 0.6) is 0 Å². The maximum atomic E-state index is 11.9. The Morgan fingerprint density at radius 3 is 2.32 bits per heavy atom. The molecule has 1 atom stereocenters. The number of hydrogen-bond donors (Lipinski definition) is 2. The Bertz CT molecular complexity index is 607. The number of carbonyl (C=O) groups is 1. The second-order valence-electron chi connectivity index (χ2n) is 4.76. The predicted octanol–water partition coefficient (Wildman–Crippen LogP) is 2.02. The summed E-state index contributed by atoms with van der Waals surface area (Å²) < 4.78 is 0. The molecule has 1 amide bonds. The van der Waals surface area contributed by atoms with Crippen molar-refractivity contribution in [1.29, 1.82) is 0 Å². The second-order valence-corrected chi connectivity index (χ2v) is 4.76. The lowest BCUT2D eigenvalue weighted by molar-refractivity contribution is -0.133. The van der Waals surface area contributed by atoms with Gasteiger partial charge in [-0.15, -0.1) is 0 Å². The average Bonchev–Trinajstić information content (AvgIpc) is 2.41. The smallest absolute Gasteiger partial charge is 0.258 e. The van der Waals surface area contributed by atoms with Gasteiger partial charge in [0.05, 0.1) is 0 Å². The SMILES string of the molecule is Cc1ccc(C)c(C(O)(C(N)=O)c2ccccc2)c1. The molecule has 0 saturated heterocycles. The summed E-state index contributed by atoms with van der Waals surface area (Å²) in [6, 6.07) is 14.4. The predicted molar refractivity (Wildman–Crippen MR) is 74.6 cm³/mol. The van der Waals surface area contributed by atoms with Gasteiger partial charge in [-0.3, -0.25) is 4.79 Å². The number of nitrogens with two attached hydrogens (primary N) is 1. The van der Waals surface area contributed by atoms with Gasteiger partial charge < -0.3 is 10.8 Å². The van der Waals surface area contributed by atoms with E-state index in [1.165, 1.54) is 0 Å². The van der Waals surface area contributed by atoms with Crippen LogP contribution in [0.2, 0.25) is 0 Å². The molecule has 19 heavy (non-hydrogen) atoms. The van der Waals surface area contributed by atoms with Gasteiger partial charge in [-0.1, -0.05) is 54.1 Å². The lowest BCUT2D eigenvalue weighted by Crippen LogP contribution is -2.42. The Morgan fingerprint density at radius 2 is 1.74 bits per heavy atom. The van der Waals surface area contributed by atoms with Crippen molar-refractivity contribution in [3.8, 4) is 0 Å². The fraction of sp³-hybridized carbons (Fsp3) is 0.188. The van der Waals surface area contributed by atoms with Crippen molar-refractivity contribution < 1.29 is 9.90 Å². The summed E-state index contributed by atoms with van der Waals surface area (Å²) in [6.07, 6.45) is 0. The van der Waals surface area contributed by atoms with E-state index in [0.29, 0.717) is 11.1 Å². The van der Waals surface area contributed by atoms with Crippen molar-refractivity contribution in [1.82, 2.24) is 0 Å². The minimum Gasteiger partial charge on any atom is -0.372 e. The Balaban J connectivity index is 2.70. The van der Waals surface area contributed by atoms with Crippen LogP contribution < -0.4 is 5.73 Å². The molecule has 3 N–H and O–H groups in total. The summed E-state index contributed by atoms with van der Waals surface area (Å²) in [7, 11) is 0. The quantitative estimate of drug-likeness (QED) is 0.881. The molecule has 2 aromatic carbocycles. The second kappa shape index (κ2) is 4.86. The normalized spacial score (nSPS) is 13.8. The molecule has 0 radical (unpaired) electrons. The topological polar surface area (TPSA) is 63.3 Å². The molecule has 0 aromatic heterocycles. The zero-order valence-electron chi connectivity index (χ0n) is 11.1. The van der Waals surface area contributed by atoms with E-state index in [1.54, 1.807) is 30.3 Å². The van der Waals surface area contributed by atoms with Crippen LogP contribution in [0, 0.1) is 13.8 Å². The van der Waals surface area contributed by atoms with E-state index in [4.69, 9.17) is 5.73 Å².